The van der Waals surface area contributed by atoms with Crippen LogP contribution in [0.4, 0.5) is 11.8 Å². The second-order valence-electron chi connectivity index (χ2n) is 6.02. The molecule has 0 spiro atoms. The number of rotatable bonds is 3. The van der Waals surface area contributed by atoms with Crippen LogP contribution in [-0.4, -0.2) is 16.0 Å². The molecule has 4 unspecified atom stereocenters. The predicted octanol–water partition coefficient (Wildman–Crippen LogP) is 2.60. The van der Waals surface area contributed by atoms with Crippen LogP contribution in [-0.2, 0) is 0 Å². The Kier molecular flexibility index (Phi) is 2.88. The molecule has 2 bridgehead atoms. The van der Waals surface area contributed by atoms with E-state index in [2.05, 4.69) is 22.2 Å². The molecule has 4 nitrogen and oxygen atoms in total. The maximum absolute atomic E-state index is 5.69. The molecular weight excluding hydrogens is 224 g/mol. The zero-order valence-corrected chi connectivity index (χ0v) is 11.2. The smallest absolute Gasteiger partial charge is 0.222 e. The van der Waals surface area contributed by atoms with Gasteiger partial charge in [0, 0.05) is 17.8 Å². The zero-order valence-electron chi connectivity index (χ0n) is 11.2. The molecule has 4 atom stereocenters. The average Bonchev–Trinajstić information content (AvgIpc) is 2.88. The molecule has 3 rings (SSSR count). The van der Waals surface area contributed by atoms with Crippen LogP contribution in [0.1, 0.15) is 38.3 Å². The van der Waals surface area contributed by atoms with Crippen molar-refractivity contribution >= 4 is 11.8 Å². The maximum Gasteiger partial charge on any atom is 0.222 e. The van der Waals surface area contributed by atoms with Crippen LogP contribution in [0.15, 0.2) is 6.07 Å². The normalized spacial score (nSPS) is 31.6. The molecule has 1 aromatic heterocycles. The monoisotopic (exact) mass is 246 g/mol. The number of nitrogens with two attached hydrogens (primary N) is 1. The number of aromatic nitrogens is 2. The summed E-state index contributed by atoms with van der Waals surface area (Å²) in [5, 5.41) is 3.52. The minimum atomic E-state index is 0.359. The molecule has 4 heteroatoms. The van der Waals surface area contributed by atoms with Crippen LogP contribution in [0.5, 0.6) is 0 Å². The first kappa shape index (κ1) is 11.8. The lowest BCUT2D eigenvalue weighted by molar-refractivity contribution is 0.304. The lowest BCUT2D eigenvalue weighted by Gasteiger charge is -2.29. The highest BCUT2D eigenvalue weighted by Gasteiger charge is 2.41. The Morgan fingerprint density at radius 1 is 1.33 bits per heavy atom. The van der Waals surface area contributed by atoms with Gasteiger partial charge in [-0.1, -0.05) is 6.42 Å². The van der Waals surface area contributed by atoms with Crippen molar-refractivity contribution in [2.24, 2.45) is 17.8 Å². The van der Waals surface area contributed by atoms with Crippen molar-refractivity contribution < 1.29 is 0 Å². The van der Waals surface area contributed by atoms with Crippen molar-refractivity contribution in [3.05, 3.63) is 11.8 Å². The number of nitrogen functional groups attached to an aromatic ring is 1. The second-order valence-corrected chi connectivity index (χ2v) is 6.02. The standard InChI is InChI=1S/C14H22N4/c1-8-5-13(18-14(15)16-8)17-9(2)12-7-10-3-4-11(12)6-10/h5,9-12H,3-4,6-7H2,1-2H3,(H3,15,16,17,18). The van der Waals surface area contributed by atoms with E-state index in [4.69, 9.17) is 5.73 Å². The first-order valence-electron chi connectivity index (χ1n) is 6.99. The van der Waals surface area contributed by atoms with E-state index in [1.54, 1.807) is 0 Å². The fourth-order valence-electron chi connectivity index (χ4n) is 3.91. The molecule has 2 aliphatic carbocycles. The van der Waals surface area contributed by atoms with E-state index < -0.39 is 0 Å². The summed E-state index contributed by atoms with van der Waals surface area (Å²) in [6.07, 6.45) is 5.71. The van der Waals surface area contributed by atoms with Crippen LogP contribution in [0.25, 0.3) is 0 Å². The highest BCUT2D eigenvalue weighted by Crippen LogP contribution is 2.49. The minimum absolute atomic E-state index is 0.359. The molecule has 0 amide bonds. The summed E-state index contributed by atoms with van der Waals surface area (Å²) < 4.78 is 0. The number of aryl methyl sites for hydroxylation is 1. The van der Waals surface area contributed by atoms with Gasteiger partial charge in [0.05, 0.1) is 0 Å². The fourth-order valence-corrected chi connectivity index (χ4v) is 3.91. The molecule has 0 saturated heterocycles. The molecule has 1 aromatic rings. The summed E-state index contributed by atoms with van der Waals surface area (Å²) >= 11 is 0. The molecule has 2 saturated carbocycles. The zero-order chi connectivity index (χ0) is 12.7. The molecule has 2 aliphatic rings. The van der Waals surface area contributed by atoms with Crippen molar-refractivity contribution in [1.82, 2.24) is 9.97 Å². The first-order chi connectivity index (χ1) is 8.61. The fraction of sp³-hybridized carbons (Fsp3) is 0.714. The van der Waals surface area contributed by atoms with Gasteiger partial charge in [0.15, 0.2) is 0 Å². The summed E-state index contributed by atoms with van der Waals surface area (Å²) in [5.41, 5.74) is 6.61. The summed E-state index contributed by atoms with van der Waals surface area (Å²) in [4.78, 5) is 8.37. The molecular formula is C14H22N4. The van der Waals surface area contributed by atoms with Gasteiger partial charge >= 0.3 is 0 Å². The Bertz CT molecular complexity index is 425. The molecule has 98 valence electrons. The molecule has 1 heterocycles. The molecule has 2 fully saturated rings. The number of nitrogens with one attached hydrogen (secondary N) is 1. The van der Waals surface area contributed by atoms with Gasteiger partial charge in [0.1, 0.15) is 5.82 Å². The van der Waals surface area contributed by atoms with Gasteiger partial charge in [0.2, 0.25) is 5.95 Å². The number of fused-ring (bicyclic) bond motifs is 2. The highest BCUT2D eigenvalue weighted by atomic mass is 15.1. The summed E-state index contributed by atoms with van der Waals surface area (Å²) in [5.74, 6) is 3.95. The lowest BCUT2D eigenvalue weighted by Crippen LogP contribution is -2.30. The first-order valence-corrected chi connectivity index (χ1v) is 6.99. The van der Waals surface area contributed by atoms with E-state index in [0.29, 0.717) is 12.0 Å². The van der Waals surface area contributed by atoms with E-state index in [-0.39, 0.29) is 0 Å². The van der Waals surface area contributed by atoms with Gasteiger partial charge in [-0.15, -0.1) is 0 Å². The predicted molar refractivity (Wildman–Crippen MR) is 73.2 cm³/mol. The van der Waals surface area contributed by atoms with Gasteiger partial charge in [-0.2, -0.15) is 4.98 Å². The highest BCUT2D eigenvalue weighted by molar-refractivity contribution is 5.41. The van der Waals surface area contributed by atoms with E-state index in [1.165, 1.54) is 25.7 Å². The lowest BCUT2D eigenvalue weighted by atomic mass is 9.84. The number of hydrogen-bond acceptors (Lipinski definition) is 4. The second kappa shape index (κ2) is 4.41. The van der Waals surface area contributed by atoms with E-state index in [1.807, 2.05) is 13.0 Å². The van der Waals surface area contributed by atoms with E-state index in [0.717, 1.165) is 29.3 Å². The Morgan fingerprint density at radius 2 is 2.17 bits per heavy atom. The van der Waals surface area contributed by atoms with Crippen molar-refractivity contribution in [3.8, 4) is 0 Å². The Hall–Kier alpha value is -1.32. The Morgan fingerprint density at radius 3 is 2.78 bits per heavy atom. The van der Waals surface area contributed by atoms with Gasteiger partial charge in [-0.05, 0) is 50.9 Å². The summed E-state index contributed by atoms with van der Waals surface area (Å²) in [6, 6.07) is 2.45. The Labute approximate surface area is 108 Å². The summed E-state index contributed by atoms with van der Waals surface area (Å²) in [6.45, 7) is 4.23. The van der Waals surface area contributed by atoms with Crippen LogP contribution < -0.4 is 11.1 Å². The minimum Gasteiger partial charge on any atom is -0.368 e. The largest absolute Gasteiger partial charge is 0.368 e. The molecule has 18 heavy (non-hydrogen) atoms. The molecule has 0 aromatic carbocycles. The third kappa shape index (κ3) is 2.16. The van der Waals surface area contributed by atoms with Gasteiger partial charge < -0.3 is 11.1 Å². The van der Waals surface area contributed by atoms with Crippen molar-refractivity contribution in [2.45, 2.75) is 45.6 Å². The van der Waals surface area contributed by atoms with Gasteiger partial charge in [-0.3, -0.25) is 0 Å². The van der Waals surface area contributed by atoms with Gasteiger partial charge in [0.25, 0.3) is 0 Å². The molecule has 3 N–H and O–H groups in total. The average molecular weight is 246 g/mol. The number of nitrogens with zero attached hydrogens (tertiary/aromatic N) is 2. The Balaban J connectivity index is 1.68. The van der Waals surface area contributed by atoms with Crippen molar-refractivity contribution in [2.75, 3.05) is 11.1 Å². The van der Waals surface area contributed by atoms with Crippen LogP contribution in [0.2, 0.25) is 0 Å². The third-order valence-electron chi connectivity index (χ3n) is 4.68. The number of anilines is 2. The maximum atomic E-state index is 5.69. The molecule has 0 radical (unpaired) electrons. The van der Waals surface area contributed by atoms with E-state index >= 15 is 0 Å². The molecule has 0 aliphatic heterocycles. The van der Waals surface area contributed by atoms with Crippen molar-refractivity contribution in [3.63, 3.8) is 0 Å². The van der Waals surface area contributed by atoms with E-state index in [9.17, 15) is 0 Å². The number of hydrogen-bond donors (Lipinski definition) is 2. The van der Waals surface area contributed by atoms with Gasteiger partial charge in [-0.25, -0.2) is 4.98 Å². The summed E-state index contributed by atoms with van der Waals surface area (Å²) in [7, 11) is 0. The third-order valence-corrected chi connectivity index (χ3v) is 4.68. The van der Waals surface area contributed by atoms with Crippen LogP contribution in [0, 0.1) is 24.7 Å². The van der Waals surface area contributed by atoms with Crippen LogP contribution in [0.3, 0.4) is 0 Å². The van der Waals surface area contributed by atoms with Crippen molar-refractivity contribution in [1.29, 1.82) is 0 Å². The SMILES string of the molecule is Cc1cc(NC(C)C2CC3CCC2C3)nc(N)n1. The topological polar surface area (TPSA) is 63.8 Å². The quantitative estimate of drug-likeness (QED) is 0.860. The van der Waals surface area contributed by atoms with Crippen LogP contribution >= 0.6 is 0 Å².